The Kier molecular flexibility index (Phi) is 4.07. The summed E-state index contributed by atoms with van der Waals surface area (Å²) in [6.07, 6.45) is 2.10. The molecular formula is C13H18ClN3O. The van der Waals surface area contributed by atoms with Crippen LogP contribution in [0.4, 0.5) is 5.82 Å². The molecule has 1 atom stereocenters. The van der Waals surface area contributed by atoms with Crippen LogP contribution in [0.15, 0.2) is 12.1 Å². The van der Waals surface area contributed by atoms with Gasteiger partial charge in [-0.3, -0.25) is 4.79 Å². The molecule has 1 saturated heterocycles. The van der Waals surface area contributed by atoms with Crippen molar-refractivity contribution in [3.8, 4) is 0 Å². The predicted molar refractivity (Wildman–Crippen MR) is 73.1 cm³/mol. The summed E-state index contributed by atoms with van der Waals surface area (Å²) in [4.78, 5) is 18.5. The van der Waals surface area contributed by atoms with Gasteiger partial charge in [-0.15, -0.1) is 0 Å². The average Bonchev–Trinajstić information content (AvgIpc) is 2.77. The molecule has 0 bridgehead atoms. The van der Waals surface area contributed by atoms with Crippen LogP contribution in [0.2, 0.25) is 5.02 Å². The first-order chi connectivity index (χ1) is 8.63. The molecule has 1 aliphatic heterocycles. The van der Waals surface area contributed by atoms with Gasteiger partial charge in [-0.25, -0.2) is 4.98 Å². The quantitative estimate of drug-likeness (QED) is 0.916. The number of anilines is 1. The normalized spacial score (nSPS) is 19.1. The van der Waals surface area contributed by atoms with Crippen LogP contribution in [0.25, 0.3) is 0 Å². The van der Waals surface area contributed by atoms with Crippen LogP contribution < -0.4 is 5.32 Å². The maximum atomic E-state index is 12.4. The zero-order chi connectivity index (χ0) is 13.1. The SMILES string of the molecule is CCNc1ccc(Cl)c(C(=O)N2CCCC2C)n1. The van der Waals surface area contributed by atoms with Crippen molar-refractivity contribution in [2.24, 2.45) is 0 Å². The second kappa shape index (κ2) is 5.57. The van der Waals surface area contributed by atoms with Gasteiger partial charge in [0.05, 0.1) is 5.02 Å². The second-order valence-electron chi connectivity index (χ2n) is 4.55. The Labute approximate surface area is 112 Å². The Bertz CT molecular complexity index is 450. The molecule has 1 N–H and O–H groups in total. The molecule has 98 valence electrons. The van der Waals surface area contributed by atoms with Gasteiger partial charge in [-0.1, -0.05) is 11.6 Å². The molecule has 1 aromatic heterocycles. The van der Waals surface area contributed by atoms with Crippen molar-refractivity contribution in [2.45, 2.75) is 32.7 Å². The highest BCUT2D eigenvalue weighted by atomic mass is 35.5. The van der Waals surface area contributed by atoms with Crippen molar-refractivity contribution in [1.29, 1.82) is 0 Å². The maximum Gasteiger partial charge on any atom is 0.274 e. The molecule has 5 heteroatoms. The lowest BCUT2D eigenvalue weighted by molar-refractivity contribution is 0.0742. The van der Waals surface area contributed by atoms with Gasteiger partial charge in [0.2, 0.25) is 0 Å². The second-order valence-corrected chi connectivity index (χ2v) is 4.95. The van der Waals surface area contributed by atoms with E-state index < -0.39 is 0 Å². The first-order valence-electron chi connectivity index (χ1n) is 6.35. The predicted octanol–water partition coefficient (Wildman–Crippen LogP) is 2.79. The number of aromatic nitrogens is 1. The minimum absolute atomic E-state index is 0.0650. The highest BCUT2D eigenvalue weighted by Crippen LogP contribution is 2.23. The van der Waals surface area contributed by atoms with Crippen molar-refractivity contribution in [3.63, 3.8) is 0 Å². The fourth-order valence-corrected chi connectivity index (χ4v) is 2.43. The van der Waals surface area contributed by atoms with Crippen molar-refractivity contribution < 1.29 is 4.79 Å². The van der Waals surface area contributed by atoms with Gasteiger partial charge in [0, 0.05) is 19.1 Å². The van der Waals surface area contributed by atoms with E-state index in [1.807, 2.05) is 11.8 Å². The van der Waals surface area contributed by atoms with E-state index >= 15 is 0 Å². The van der Waals surface area contributed by atoms with Gasteiger partial charge >= 0.3 is 0 Å². The first kappa shape index (κ1) is 13.1. The number of likely N-dealkylation sites (tertiary alicyclic amines) is 1. The molecule has 1 amide bonds. The van der Waals surface area contributed by atoms with E-state index in [9.17, 15) is 4.79 Å². The third-order valence-corrected chi connectivity index (χ3v) is 3.53. The number of nitrogens with one attached hydrogen (secondary N) is 1. The number of amides is 1. The monoisotopic (exact) mass is 267 g/mol. The van der Waals surface area contributed by atoms with Gasteiger partial charge < -0.3 is 10.2 Å². The van der Waals surface area contributed by atoms with E-state index in [-0.39, 0.29) is 11.9 Å². The highest BCUT2D eigenvalue weighted by Gasteiger charge is 2.28. The Morgan fingerprint density at radius 1 is 1.61 bits per heavy atom. The van der Waals surface area contributed by atoms with Gasteiger partial charge in [-0.05, 0) is 38.8 Å². The lowest BCUT2D eigenvalue weighted by atomic mass is 10.2. The van der Waals surface area contributed by atoms with Crippen LogP contribution in [0.1, 0.15) is 37.2 Å². The minimum Gasteiger partial charge on any atom is -0.370 e. The zero-order valence-corrected chi connectivity index (χ0v) is 11.5. The zero-order valence-electron chi connectivity index (χ0n) is 10.7. The summed E-state index contributed by atoms with van der Waals surface area (Å²) in [6.45, 7) is 5.61. The van der Waals surface area contributed by atoms with Crippen LogP contribution in [-0.2, 0) is 0 Å². The van der Waals surface area contributed by atoms with E-state index in [4.69, 9.17) is 11.6 Å². The molecule has 2 heterocycles. The Morgan fingerprint density at radius 2 is 2.39 bits per heavy atom. The fourth-order valence-electron chi connectivity index (χ4n) is 2.24. The number of carbonyl (C=O) groups is 1. The smallest absolute Gasteiger partial charge is 0.274 e. The highest BCUT2D eigenvalue weighted by molar-refractivity contribution is 6.33. The number of carbonyl (C=O) groups excluding carboxylic acids is 1. The lowest BCUT2D eigenvalue weighted by Crippen LogP contribution is -2.34. The van der Waals surface area contributed by atoms with Crippen LogP contribution in [-0.4, -0.2) is 34.9 Å². The van der Waals surface area contributed by atoms with Crippen molar-refractivity contribution in [2.75, 3.05) is 18.4 Å². The molecule has 1 aromatic rings. The molecule has 0 radical (unpaired) electrons. The first-order valence-corrected chi connectivity index (χ1v) is 6.72. The molecule has 2 rings (SSSR count). The van der Waals surface area contributed by atoms with Crippen molar-refractivity contribution in [1.82, 2.24) is 9.88 Å². The molecule has 0 saturated carbocycles. The summed E-state index contributed by atoms with van der Waals surface area (Å²) >= 11 is 6.08. The van der Waals surface area contributed by atoms with Crippen molar-refractivity contribution >= 4 is 23.3 Å². The van der Waals surface area contributed by atoms with E-state index in [1.54, 1.807) is 12.1 Å². The average molecular weight is 268 g/mol. The number of hydrogen-bond donors (Lipinski definition) is 1. The Balaban J connectivity index is 2.25. The van der Waals surface area contributed by atoms with Gasteiger partial charge in [0.1, 0.15) is 11.5 Å². The van der Waals surface area contributed by atoms with Gasteiger partial charge in [0.15, 0.2) is 0 Å². The standard InChI is InChI=1S/C13H18ClN3O/c1-3-15-11-7-6-10(14)12(16-11)13(18)17-8-4-5-9(17)2/h6-7,9H,3-5,8H2,1-2H3,(H,15,16). The van der Waals surface area contributed by atoms with Crippen LogP contribution in [0.5, 0.6) is 0 Å². The largest absolute Gasteiger partial charge is 0.370 e. The van der Waals surface area contributed by atoms with E-state index in [0.29, 0.717) is 16.5 Å². The summed E-state index contributed by atoms with van der Waals surface area (Å²) in [7, 11) is 0. The molecule has 4 nitrogen and oxygen atoms in total. The Hall–Kier alpha value is -1.29. The van der Waals surface area contributed by atoms with Crippen LogP contribution in [0.3, 0.4) is 0 Å². The van der Waals surface area contributed by atoms with E-state index in [0.717, 1.165) is 25.9 Å². The minimum atomic E-state index is -0.0650. The molecular weight excluding hydrogens is 250 g/mol. The lowest BCUT2D eigenvalue weighted by Gasteiger charge is -2.21. The third kappa shape index (κ3) is 2.58. The van der Waals surface area contributed by atoms with E-state index in [2.05, 4.69) is 17.2 Å². The molecule has 1 fully saturated rings. The summed E-state index contributed by atoms with van der Waals surface area (Å²) in [5.41, 5.74) is 0.351. The molecule has 18 heavy (non-hydrogen) atoms. The fraction of sp³-hybridized carbons (Fsp3) is 0.538. The summed E-state index contributed by atoms with van der Waals surface area (Å²) in [5, 5.41) is 3.51. The summed E-state index contributed by atoms with van der Waals surface area (Å²) in [5.74, 6) is 0.627. The number of pyridine rings is 1. The third-order valence-electron chi connectivity index (χ3n) is 3.22. The topological polar surface area (TPSA) is 45.2 Å². The van der Waals surface area contributed by atoms with Crippen LogP contribution in [0, 0.1) is 0 Å². The summed E-state index contributed by atoms with van der Waals surface area (Å²) < 4.78 is 0. The number of rotatable bonds is 3. The Morgan fingerprint density at radius 3 is 3.00 bits per heavy atom. The number of halogens is 1. The van der Waals surface area contributed by atoms with Crippen LogP contribution >= 0.6 is 11.6 Å². The molecule has 0 spiro atoms. The summed E-state index contributed by atoms with van der Waals surface area (Å²) in [6, 6.07) is 3.79. The maximum absolute atomic E-state index is 12.4. The van der Waals surface area contributed by atoms with Gasteiger partial charge in [-0.2, -0.15) is 0 Å². The number of nitrogens with zero attached hydrogens (tertiary/aromatic N) is 2. The molecule has 1 unspecified atom stereocenters. The molecule has 0 aromatic carbocycles. The van der Waals surface area contributed by atoms with Crippen molar-refractivity contribution in [3.05, 3.63) is 22.8 Å². The molecule has 0 aliphatic carbocycles. The molecule has 1 aliphatic rings. The van der Waals surface area contributed by atoms with Gasteiger partial charge in [0.25, 0.3) is 5.91 Å². The number of hydrogen-bond acceptors (Lipinski definition) is 3. The van der Waals surface area contributed by atoms with E-state index in [1.165, 1.54) is 0 Å².